The Hall–Kier alpha value is -1.97. The van der Waals surface area contributed by atoms with Crippen LogP contribution in [0.4, 0.5) is 5.82 Å². The van der Waals surface area contributed by atoms with E-state index >= 15 is 0 Å². The summed E-state index contributed by atoms with van der Waals surface area (Å²) in [7, 11) is 0. The van der Waals surface area contributed by atoms with Gasteiger partial charge in [0.25, 0.3) is 0 Å². The fraction of sp³-hybridized carbons (Fsp3) is 0.357. The molecule has 4 heteroatoms. The number of hydrogen-bond donors (Lipinski definition) is 0. The monoisotopic (exact) mass is 242 g/mol. The van der Waals surface area contributed by atoms with E-state index in [1.807, 2.05) is 6.92 Å². The first-order chi connectivity index (χ1) is 8.68. The maximum atomic E-state index is 12.3. The lowest BCUT2D eigenvalue weighted by Gasteiger charge is -2.18. The number of pyridine rings is 1. The number of allylic oxidation sites excluding steroid dienone is 2. The van der Waals surface area contributed by atoms with Crippen LogP contribution in [0.3, 0.4) is 0 Å². The number of hydrogen-bond acceptors (Lipinski definition) is 3. The van der Waals surface area contributed by atoms with Crippen LogP contribution in [0.1, 0.15) is 19.8 Å². The molecule has 1 fully saturated rings. The van der Waals surface area contributed by atoms with Gasteiger partial charge in [-0.2, -0.15) is 0 Å². The molecular formula is C14H14N2O2. The summed E-state index contributed by atoms with van der Waals surface area (Å²) in [5.74, 6) is -0.143. The standard InChI is InChI=1S/C14H14N2O2/c1-9-5-6-10-11(8-9)14(18)16(13(10)17)12-4-2-3-7-15-12/h2-5,7,10-11H,6,8H2,1H3/t10-,11+/m1/s1. The molecule has 1 aliphatic heterocycles. The summed E-state index contributed by atoms with van der Waals surface area (Å²) < 4.78 is 0. The van der Waals surface area contributed by atoms with Crippen LogP contribution in [0, 0.1) is 11.8 Å². The van der Waals surface area contributed by atoms with Crippen molar-refractivity contribution in [3.05, 3.63) is 36.0 Å². The minimum atomic E-state index is -0.191. The second-order valence-electron chi connectivity index (χ2n) is 4.90. The topological polar surface area (TPSA) is 50.3 Å². The predicted octanol–water partition coefficient (Wildman–Crippen LogP) is 1.93. The SMILES string of the molecule is CC1=CC[C@H]2C(=O)N(c3ccccn3)C(=O)[C@H]2C1. The first-order valence-corrected chi connectivity index (χ1v) is 6.13. The highest BCUT2D eigenvalue weighted by Gasteiger charge is 2.48. The van der Waals surface area contributed by atoms with Crippen molar-refractivity contribution in [1.82, 2.24) is 4.98 Å². The predicted molar refractivity (Wildman–Crippen MR) is 66.7 cm³/mol. The maximum absolute atomic E-state index is 12.3. The van der Waals surface area contributed by atoms with Crippen molar-refractivity contribution in [3.8, 4) is 0 Å². The molecule has 0 unspecified atom stereocenters. The van der Waals surface area contributed by atoms with Gasteiger partial charge in [-0.05, 0) is 31.9 Å². The van der Waals surface area contributed by atoms with Crippen molar-refractivity contribution in [1.29, 1.82) is 0 Å². The third kappa shape index (κ3) is 1.56. The molecule has 0 saturated carbocycles. The number of anilines is 1. The summed E-state index contributed by atoms with van der Waals surface area (Å²) in [5.41, 5.74) is 1.19. The molecule has 1 aromatic heterocycles. The van der Waals surface area contributed by atoms with Crippen molar-refractivity contribution >= 4 is 17.6 Å². The Morgan fingerprint density at radius 1 is 1.22 bits per heavy atom. The van der Waals surface area contributed by atoms with Crippen molar-refractivity contribution in [3.63, 3.8) is 0 Å². The summed E-state index contributed by atoms with van der Waals surface area (Å²) >= 11 is 0. The normalized spacial score (nSPS) is 27.2. The van der Waals surface area contributed by atoms with Gasteiger partial charge in [0.2, 0.25) is 11.8 Å². The molecule has 2 aliphatic rings. The van der Waals surface area contributed by atoms with Crippen molar-refractivity contribution in [2.45, 2.75) is 19.8 Å². The summed E-state index contributed by atoms with van der Waals surface area (Å²) in [5, 5.41) is 0. The van der Waals surface area contributed by atoms with Gasteiger partial charge in [0.15, 0.2) is 0 Å². The van der Waals surface area contributed by atoms with Gasteiger partial charge in [0.1, 0.15) is 5.82 Å². The third-order valence-corrected chi connectivity index (χ3v) is 3.70. The van der Waals surface area contributed by atoms with E-state index in [-0.39, 0.29) is 23.7 Å². The maximum Gasteiger partial charge on any atom is 0.239 e. The average molecular weight is 242 g/mol. The molecule has 0 aromatic carbocycles. The molecule has 0 bridgehead atoms. The first-order valence-electron chi connectivity index (χ1n) is 6.13. The number of amides is 2. The number of nitrogens with zero attached hydrogens (tertiary/aromatic N) is 2. The molecule has 1 aliphatic carbocycles. The number of fused-ring (bicyclic) bond motifs is 1. The Morgan fingerprint density at radius 2 is 2.00 bits per heavy atom. The number of aromatic nitrogens is 1. The Labute approximate surface area is 105 Å². The second-order valence-corrected chi connectivity index (χ2v) is 4.90. The zero-order valence-corrected chi connectivity index (χ0v) is 10.2. The highest BCUT2D eigenvalue weighted by atomic mass is 16.2. The summed E-state index contributed by atoms with van der Waals surface area (Å²) in [4.78, 5) is 30.0. The van der Waals surface area contributed by atoms with Crippen molar-refractivity contribution < 1.29 is 9.59 Å². The van der Waals surface area contributed by atoms with Crippen molar-refractivity contribution in [2.75, 3.05) is 4.90 Å². The van der Waals surface area contributed by atoms with Crippen LogP contribution in [-0.4, -0.2) is 16.8 Å². The van der Waals surface area contributed by atoms with Gasteiger partial charge in [-0.25, -0.2) is 9.88 Å². The van der Waals surface area contributed by atoms with E-state index in [9.17, 15) is 9.59 Å². The van der Waals surface area contributed by atoms with Gasteiger partial charge < -0.3 is 0 Å². The molecule has 4 nitrogen and oxygen atoms in total. The number of rotatable bonds is 1. The van der Waals surface area contributed by atoms with Crippen LogP contribution in [0.25, 0.3) is 0 Å². The van der Waals surface area contributed by atoms with E-state index in [1.54, 1.807) is 24.4 Å². The Balaban J connectivity index is 1.96. The lowest BCUT2D eigenvalue weighted by molar-refractivity contribution is -0.122. The van der Waals surface area contributed by atoms with E-state index < -0.39 is 0 Å². The van der Waals surface area contributed by atoms with Gasteiger partial charge in [-0.3, -0.25) is 9.59 Å². The lowest BCUT2D eigenvalue weighted by Crippen LogP contribution is -2.31. The molecule has 0 radical (unpaired) electrons. The van der Waals surface area contributed by atoms with Crippen molar-refractivity contribution in [2.24, 2.45) is 11.8 Å². The molecule has 2 atom stereocenters. The molecule has 0 N–H and O–H groups in total. The van der Waals surface area contributed by atoms with Crippen LogP contribution in [0.15, 0.2) is 36.0 Å². The Bertz CT molecular complexity index is 536. The lowest BCUT2D eigenvalue weighted by atomic mass is 9.82. The van der Waals surface area contributed by atoms with Crippen LogP contribution >= 0.6 is 0 Å². The van der Waals surface area contributed by atoms with E-state index in [4.69, 9.17) is 0 Å². The third-order valence-electron chi connectivity index (χ3n) is 3.70. The first kappa shape index (κ1) is 11.1. The molecule has 3 rings (SSSR count). The summed E-state index contributed by atoms with van der Waals surface area (Å²) in [6, 6.07) is 5.26. The molecule has 2 heterocycles. The molecule has 1 aromatic rings. The van der Waals surface area contributed by atoms with Gasteiger partial charge in [0, 0.05) is 6.20 Å². The van der Waals surface area contributed by atoms with Gasteiger partial charge >= 0.3 is 0 Å². The highest BCUT2D eigenvalue weighted by Crippen LogP contribution is 2.38. The Kier molecular flexibility index (Phi) is 2.51. The zero-order valence-electron chi connectivity index (χ0n) is 10.2. The number of carbonyl (C=O) groups is 2. The summed E-state index contributed by atoms with van der Waals surface area (Å²) in [6.45, 7) is 2.01. The fourth-order valence-corrected chi connectivity index (χ4v) is 2.75. The number of imide groups is 1. The average Bonchev–Trinajstić information content (AvgIpc) is 2.63. The zero-order chi connectivity index (χ0) is 12.7. The quantitative estimate of drug-likeness (QED) is 0.558. The van der Waals surface area contributed by atoms with Crippen LogP contribution < -0.4 is 4.90 Å². The van der Waals surface area contributed by atoms with Gasteiger partial charge in [-0.1, -0.05) is 17.7 Å². The highest BCUT2D eigenvalue weighted by molar-refractivity contribution is 6.21. The molecule has 18 heavy (non-hydrogen) atoms. The molecule has 92 valence electrons. The Morgan fingerprint density at radius 3 is 2.72 bits per heavy atom. The second kappa shape index (κ2) is 4.05. The van der Waals surface area contributed by atoms with E-state index in [2.05, 4.69) is 11.1 Å². The molecule has 0 spiro atoms. The summed E-state index contributed by atoms with van der Waals surface area (Å²) in [6.07, 6.45) is 5.03. The minimum absolute atomic E-state index is 0.101. The molecule has 1 saturated heterocycles. The molecular weight excluding hydrogens is 228 g/mol. The number of carbonyl (C=O) groups excluding carboxylic acids is 2. The fourth-order valence-electron chi connectivity index (χ4n) is 2.75. The van der Waals surface area contributed by atoms with E-state index in [0.29, 0.717) is 18.7 Å². The smallest absolute Gasteiger partial charge is 0.239 e. The largest absolute Gasteiger partial charge is 0.274 e. The van der Waals surface area contributed by atoms with Crippen LogP contribution in [0.5, 0.6) is 0 Å². The minimum Gasteiger partial charge on any atom is -0.274 e. The van der Waals surface area contributed by atoms with Crippen LogP contribution in [0.2, 0.25) is 0 Å². The van der Waals surface area contributed by atoms with Crippen LogP contribution in [-0.2, 0) is 9.59 Å². The van der Waals surface area contributed by atoms with E-state index in [0.717, 1.165) is 0 Å². The van der Waals surface area contributed by atoms with Gasteiger partial charge in [0.05, 0.1) is 11.8 Å². The van der Waals surface area contributed by atoms with E-state index in [1.165, 1.54) is 10.5 Å². The molecule has 2 amide bonds. The van der Waals surface area contributed by atoms with Gasteiger partial charge in [-0.15, -0.1) is 0 Å².